The summed E-state index contributed by atoms with van der Waals surface area (Å²) in [5, 5.41) is 4.16. The maximum atomic E-state index is 6.20. The van der Waals surface area contributed by atoms with E-state index in [1.54, 1.807) is 7.11 Å². The molecular formula is C13H20ClNO. The van der Waals surface area contributed by atoms with Crippen LogP contribution in [0.15, 0.2) is 18.2 Å². The van der Waals surface area contributed by atoms with Gasteiger partial charge in [0.2, 0.25) is 0 Å². The van der Waals surface area contributed by atoms with Crippen LogP contribution in [0.4, 0.5) is 0 Å². The van der Waals surface area contributed by atoms with Crippen molar-refractivity contribution in [2.24, 2.45) is 0 Å². The summed E-state index contributed by atoms with van der Waals surface area (Å²) in [5.74, 6) is 0.740. The van der Waals surface area contributed by atoms with Gasteiger partial charge in [-0.2, -0.15) is 0 Å². The van der Waals surface area contributed by atoms with E-state index in [0.717, 1.165) is 17.9 Å². The Hall–Kier alpha value is -0.730. The molecule has 3 heteroatoms. The van der Waals surface area contributed by atoms with Crippen molar-refractivity contribution in [3.63, 3.8) is 0 Å². The third kappa shape index (κ3) is 3.69. The third-order valence-electron chi connectivity index (χ3n) is 2.63. The number of ether oxygens (including phenoxy) is 1. The highest BCUT2D eigenvalue weighted by Gasteiger charge is 2.07. The summed E-state index contributed by atoms with van der Waals surface area (Å²) in [4.78, 5) is 0. The average molecular weight is 242 g/mol. The second kappa shape index (κ2) is 6.77. The second-order valence-corrected chi connectivity index (χ2v) is 4.38. The van der Waals surface area contributed by atoms with Crippen LogP contribution in [0.25, 0.3) is 0 Å². The van der Waals surface area contributed by atoms with E-state index >= 15 is 0 Å². The topological polar surface area (TPSA) is 21.3 Å². The molecule has 0 saturated carbocycles. The van der Waals surface area contributed by atoms with E-state index in [0.29, 0.717) is 11.1 Å². The molecule has 0 spiro atoms. The lowest BCUT2D eigenvalue weighted by molar-refractivity contribution is 0.414. The molecule has 1 aromatic rings. The van der Waals surface area contributed by atoms with Crippen LogP contribution < -0.4 is 10.1 Å². The van der Waals surface area contributed by atoms with Crippen LogP contribution >= 0.6 is 11.6 Å². The van der Waals surface area contributed by atoms with Gasteiger partial charge in [0.15, 0.2) is 0 Å². The highest BCUT2D eigenvalue weighted by Crippen LogP contribution is 2.27. The molecule has 0 aliphatic carbocycles. The fraction of sp³-hybridized carbons (Fsp3) is 0.538. The van der Waals surface area contributed by atoms with Gasteiger partial charge in [-0.1, -0.05) is 37.1 Å². The number of rotatable bonds is 6. The normalized spacial score (nSPS) is 12.5. The Morgan fingerprint density at radius 2 is 2.19 bits per heavy atom. The first-order valence-corrected chi connectivity index (χ1v) is 6.11. The number of methoxy groups -OCH3 is 1. The predicted octanol–water partition coefficient (Wildman–Crippen LogP) is 3.63. The Labute approximate surface area is 103 Å². The summed E-state index contributed by atoms with van der Waals surface area (Å²) in [6.45, 7) is 5.17. The van der Waals surface area contributed by atoms with Crippen LogP contribution in [-0.2, 0) is 6.54 Å². The van der Waals surface area contributed by atoms with E-state index in [4.69, 9.17) is 16.3 Å². The van der Waals surface area contributed by atoms with Crippen LogP contribution in [0, 0.1) is 0 Å². The first-order chi connectivity index (χ1) is 7.69. The van der Waals surface area contributed by atoms with Crippen molar-refractivity contribution in [3.05, 3.63) is 28.8 Å². The van der Waals surface area contributed by atoms with E-state index in [1.807, 2.05) is 18.2 Å². The van der Waals surface area contributed by atoms with E-state index in [2.05, 4.69) is 19.2 Å². The van der Waals surface area contributed by atoms with Gasteiger partial charge in [0.1, 0.15) is 5.75 Å². The van der Waals surface area contributed by atoms with Gasteiger partial charge < -0.3 is 10.1 Å². The zero-order valence-corrected chi connectivity index (χ0v) is 11.0. The average Bonchev–Trinajstić information content (AvgIpc) is 2.28. The molecule has 0 aliphatic rings. The highest BCUT2D eigenvalue weighted by atomic mass is 35.5. The van der Waals surface area contributed by atoms with E-state index in [-0.39, 0.29) is 0 Å². The van der Waals surface area contributed by atoms with Gasteiger partial charge >= 0.3 is 0 Å². The second-order valence-electron chi connectivity index (χ2n) is 4.00. The van der Waals surface area contributed by atoms with E-state index in [9.17, 15) is 0 Å². The van der Waals surface area contributed by atoms with E-state index in [1.165, 1.54) is 12.8 Å². The van der Waals surface area contributed by atoms with Gasteiger partial charge in [0.05, 0.1) is 12.1 Å². The van der Waals surface area contributed by atoms with Crippen LogP contribution in [0.2, 0.25) is 5.02 Å². The number of nitrogens with one attached hydrogen (secondary N) is 1. The summed E-state index contributed by atoms with van der Waals surface area (Å²) in [7, 11) is 1.64. The monoisotopic (exact) mass is 241 g/mol. The van der Waals surface area contributed by atoms with Crippen molar-refractivity contribution in [1.29, 1.82) is 0 Å². The molecule has 0 aromatic heterocycles. The molecule has 0 heterocycles. The molecule has 16 heavy (non-hydrogen) atoms. The Morgan fingerprint density at radius 3 is 2.81 bits per heavy atom. The molecule has 0 bridgehead atoms. The number of hydrogen-bond donors (Lipinski definition) is 1. The van der Waals surface area contributed by atoms with Crippen LogP contribution in [0.3, 0.4) is 0 Å². The fourth-order valence-electron chi connectivity index (χ4n) is 1.67. The molecular weight excluding hydrogens is 222 g/mol. The van der Waals surface area contributed by atoms with Crippen molar-refractivity contribution in [3.8, 4) is 5.75 Å². The zero-order chi connectivity index (χ0) is 12.0. The minimum atomic E-state index is 0.521. The lowest BCUT2D eigenvalue weighted by atomic mass is 10.1. The fourth-order valence-corrected chi connectivity index (χ4v) is 1.94. The van der Waals surface area contributed by atoms with Crippen molar-refractivity contribution < 1.29 is 4.74 Å². The van der Waals surface area contributed by atoms with Gasteiger partial charge in [-0.15, -0.1) is 0 Å². The lowest BCUT2D eigenvalue weighted by Crippen LogP contribution is -2.25. The number of halogens is 1. The predicted molar refractivity (Wildman–Crippen MR) is 69.2 cm³/mol. The minimum absolute atomic E-state index is 0.521. The zero-order valence-electron chi connectivity index (χ0n) is 10.2. The molecule has 0 fully saturated rings. The van der Waals surface area contributed by atoms with Gasteiger partial charge in [-0.25, -0.2) is 0 Å². The van der Waals surface area contributed by atoms with Crippen molar-refractivity contribution in [1.82, 2.24) is 5.32 Å². The summed E-state index contributed by atoms with van der Waals surface area (Å²) >= 11 is 6.20. The molecule has 0 amide bonds. The van der Waals surface area contributed by atoms with Crippen molar-refractivity contribution in [2.75, 3.05) is 7.11 Å². The molecule has 1 N–H and O–H groups in total. The Bertz CT molecular complexity index is 328. The number of benzene rings is 1. The Kier molecular flexibility index (Phi) is 5.64. The standard InChI is InChI=1S/C13H20ClNO/c1-4-6-10(2)15-9-11-7-5-8-12(16-3)13(11)14/h5,7-8,10,15H,4,6,9H2,1-3H3. The molecule has 1 rings (SSSR count). The quantitative estimate of drug-likeness (QED) is 0.821. The van der Waals surface area contributed by atoms with Crippen LogP contribution in [0.1, 0.15) is 32.3 Å². The lowest BCUT2D eigenvalue weighted by Gasteiger charge is -2.14. The highest BCUT2D eigenvalue weighted by molar-refractivity contribution is 6.32. The molecule has 1 unspecified atom stereocenters. The van der Waals surface area contributed by atoms with Crippen LogP contribution in [0.5, 0.6) is 5.75 Å². The summed E-state index contributed by atoms with van der Waals surface area (Å²) in [6, 6.07) is 6.39. The molecule has 0 radical (unpaired) electrons. The molecule has 2 nitrogen and oxygen atoms in total. The van der Waals surface area contributed by atoms with Crippen LogP contribution in [-0.4, -0.2) is 13.2 Å². The Morgan fingerprint density at radius 1 is 1.44 bits per heavy atom. The molecule has 0 saturated heterocycles. The minimum Gasteiger partial charge on any atom is -0.495 e. The molecule has 0 aliphatic heterocycles. The molecule has 1 atom stereocenters. The number of hydrogen-bond acceptors (Lipinski definition) is 2. The van der Waals surface area contributed by atoms with Gasteiger partial charge in [-0.3, -0.25) is 0 Å². The summed E-state index contributed by atoms with van der Waals surface area (Å²) < 4.78 is 5.18. The third-order valence-corrected chi connectivity index (χ3v) is 3.05. The van der Waals surface area contributed by atoms with Crippen molar-refractivity contribution >= 4 is 11.6 Å². The summed E-state index contributed by atoms with van der Waals surface area (Å²) in [6.07, 6.45) is 2.38. The van der Waals surface area contributed by atoms with Gasteiger partial charge in [0.25, 0.3) is 0 Å². The maximum Gasteiger partial charge on any atom is 0.137 e. The van der Waals surface area contributed by atoms with E-state index < -0.39 is 0 Å². The first kappa shape index (κ1) is 13.3. The van der Waals surface area contributed by atoms with Crippen molar-refractivity contribution in [2.45, 2.75) is 39.3 Å². The first-order valence-electron chi connectivity index (χ1n) is 5.73. The summed E-state index contributed by atoms with van der Waals surface area (Å²) in [5.41, 5.74) is 1.09. The Balaban J connectivity index is 2.60. The largest absolute Gasteiger partial charge is 0.495 e. The van der Waals surface area contributed by atoms with Gasteiger partial charge in [-0.05, 0) is 25.0 Å². The van der Waals surface area contributed by atoms with Gasteiger partial charge in [0, 0.05) is 12.6 Å². The smallest absolute Gasteiger partial charge is 0.137 e. The molecule has 90 valence electrons. The molecule has 1 aromatic carbocycles. The maximum absolute atomic E-state index is 6.20. The SMILES string of the molecule is CCCC(C)NCc1cccc(OC)c1Cl.